The van der Waals surface area contributed by atoms with Crippen LogP contribution in [0.25, 0.3) is 0 Å². The molecule has 3 nitrogen and oxygen atoms in total. The van der Waals surface area contributed by atoms with Crippen molar-refractivity contribution < 1.29 is 4.74 Å². The minimum absolute atomic E-state index is 0.0316. The molecule has 2 N–H and O–H groups in total. The fourth-order valence-electron chi connectivity index (χ4n) is 1.80. The van der Waals surface area contributed by atoms with Gasteiger partial charge in [-0.05, 0) is 37.7 Å². The van der Waals surface area contributed by atoms with E-state index in [4.69, 9.17) is 10.5 Å². The first-order valence-electron chi connectivity index (χ1n) is 6.48. The van der Waals surface area contributed by atoms with Crippen LogP contribution in [0.15, 0.2) is 22.7 Å². The molecule has 1 rings (SSSR count). The van der Waals surface area contributed by atoms with Gasteiger partial charge < -0.3 is 15.4 Å². The Labute approximate surface area is 118 Å². The van der Waals surface area contributed by atoms with Crippen molar-refractivity contribution in [2.45, 2.75) is 26.8 Å². The number of hydrogen-bond donors (Lipinski definition) is 1. The summed E-state index contributed by atoms with van der Waals surface area (Å²) in [7, 11) is 0. The van der Waals surface area contributed by atoms with E-state index < -0.39 is 0 Å². The standard InChI is InChI=1S/C14H23BrN2O/c1-4-17(5-2)8-9-18-12-6-7-13(11(3)16)14(15)10-12/h6-7,10-11H,4-5,8-9,16H2,1-3H3/t11-/m1/s1. The first-order chi connectivity index (χ1) is 8.58. The van der Waals surface area contributed by atoms with Gasteiger partial charge in [-0.3, -0.25) is 0 Å². The highest BCUT2D eigenvalue weighted by molar-refractivity contribution is 9.10. The fourth-order valence-corrected chi connectivity index (χ4v) is 2.52. The number of ether oxygens (including phenoxy) is 1. The lowest BCUT2D eigenvalue weighted by Gasteiger charge is -2.18. The van der Waals surface area contributed by atoms with Gasteiger partial charge in [-0.15, -0.1) is 0 Å². The highest BCUT2D eigenvalue weighted by Gasteiger charge is 2.06. The van der Waals surface area contributed by atoms with Crippen molar-refractivity contribution in [1.82, 2.24) is 4.90 Å². The Kier molecular flexibility index (Phi) is 6.68. The van der Waals surface area contributed by atoms with E-state index in [0.29, 0.717) is 6.61 Å². The molecule has 4 heteroatoms. The monoisotopic (exact) mass is 314 g/mol. The molecular weight excluding hydrogens is 292 g/mol. The topological polar surface area (TPSA) is 38.5 Å². The molecule has 0 bridgehead atoms. The summed E-state index contributed by atoms with van der Waals surface area (Å²) in [6, 6.07) is 6.01. The third-order valence-electron chi connectivity index (χ3n) is 3.03. The van der Waals surface area contributed by atoms with E-state index in [-0.39, 0.29) is 6.04 Å². The zero-order valence-electron chi connectivity index (χ0n) is 11.4. The van der Waals surface area contributed by atoms with Crippen molar-refractivity contribution >= 4 is 15.9 Å². The van der Waals surface area contributed by atoms with E-state index in [1.54, 1.807) is 0 Å². The maximum Gasteiger partial charge on any atom is 0.120 e. The third-order valence-corrected chi connectivity index (χ3v) is 3.72. The minimum atomic E-state index is 0.0316. The summed E-state index contributed by atoms with van der Waals surface area (Å²) in [4.78, 5) is 2.34. The molecule has 0 heterocycles. The van der Waals surface area contributed by atoms with Crippen LogP contribution in [0.1, 0.15) is 32.4 Å². The van der Waals surface area contributed by atoms with Crippen molar-refractivity contribution in [2.75, 3.05) is 26.2 Å². The lowest BCUT2D eigenvalue weighted by atomic mass is 10.1. The molecule has 0 aliphatic carbocycles. The van der Waals surface area contributed by atoms with Gasteiger partial charge in [0.05, 0.1) is 0 Å². The number of halogens is 1. The highest BCUT2D eigenvalue weighted by atomic mass is 79.9. The molecule has 0 amide bonds. The Balaban J connectivity index is 2.51. The lowest BCUT2D eigenvalue weighted by Crippen LogP contribution is -2.27. The first kappa shape index (κ1) is 15.5. The molecule has 0 spiro atoms. The van der Waals surface area contributed by atoms with Gasteiger partial charge in [0.1, 0.15) is 12.4 Å². The molecule has 1 aromatic carbocycles. The van der Waals surface area contributed by atoms with Crippen molar-refractivity contribution in [2.24, 2.45) is 5.73 Å². The summed E-state index contributed by atoms with van der Waals surface area (Å²) < 4.78 is 6.76. The molecule has 18 heavy (non-hydrogen) atoms. The van der Waals surface area contributed by atoms with Crippen molar-refractivity contribution in [3.05, 3.63) is 28.2 Å². The summed E-state index contributed by atoms with van der Waals surface area (Å²) in [5, 5.41) is 0. The third kappa shape index (κ3) is 4.59. The van der Waals surface area contributed by atoms with E-state index in [1.165, 1.54) is 0 Å². The van der Waals surface area contributed by atoms with Gasteiger partial charge in [0.25, 0.3) is 0 Å². The number of nitrogens with two attached hydrogens (primary N) is 1. The molecule has 0 unspecified atom stereocenters. The molecule has 0 aliphatic rings. The molecule has 0 saturated carbocycles. The fraction of sp³-hybridized carbons (Fsp3) is 0.571. The number of likely N-dealkylation sites (N-methyl/N-ethyl adjacent to an activating group) is 1. The van der Waals surface area contributed by atoms with Crippen LogP contribution in [-0.4, -0.2) is 31.1 Å². The van der Waals surface area contributed by atoms with Gasteiger partial charge in [-0.1, -0.05) is 35.8 Å². The number of hydrogen-bond acceptors (Lipinski definition) is 3. The van der Waals surface area contributed by atoms with E-state index in [2.05, 4.69) is 34.7 Å². The van der Waals surface area contributed by atoms with Crippen molar-refractivity contribution in [3.63, 3.8) is 0 Å². The first-order valence-corrected chi connectivity index (χ1v) is 7.28. The quantitative estimate of drug-likeness (QED) is 0.840. The second-order valence-electron chi connectivity index (χ2n) is 4.35. The zero-order valence-corrected chi connectivity index (χ0v) is 13.0. The Hall–Kier alpha value is -0.580. The predicted octanol–water partition coefficient (Wildman–Crippen LogP) is 3.19. The Morgan fingerprint density at radius 1 is 1.33 bits per heavy atom. The molecule has 102 valence electrons. The summed E-state index contributed by atoms with van der Waals surface area (Å²) in [5.41, 5.74) is 6.97. The van der Waals surface area contributed by atoms with Crippen LogP contribution in [-0.2, 0) is 0 Å². The molecule has 1 atom stereocenters. The van der Waals surface area contributed by atoms with E-state index in [1.807, 2.05) is 25.1 Å². The summed E-state index contributed by atoms with van der Waals surface area (Å²) in [6.45, 7) is 10.1. The highest BCUT2D eigenvalue weighted by Crippen LogP contribution is 2.26. The second kappa shape index (κ2) is 7.77. The van der Waals surface area contributed by atoms with Crippen molar-refractivity contribution in [3.8, 4) is 5.75 Å². The average molecular weight is 315 g/mol. The zero-order chi connectivity index (χ0) is 13.5. The largest absolute Gasteiger partial charge is 0.492 e. The molecule has 0 saturated heterocycles. The molecular formula is C14H23BrN2O. The average Bonchev–Trinajstić information content (AvgIpc) is 2.34. The lowest BCUT2D eigenvalue weighted by molar-refractivity contribution is 0.222. The Morgan fingerprint density at radius 2 is 2.00 bits per heavy atom. The normalized spacial score (nSPS) is 12.8. The van der Waals surface area contributed by atoms with Crippen LogP contribution in [0, 0.1) is 0 Å². The maximum absolute atomic E-state index is 5.86. The van der Waals surface area contributed by atoms with Gasteiger partial charge in [-0.25, -0.2) is 0 Å². The van der Waals surface area contributed by atoms with Gasteiger partial charge in [-0.2, -0.15) is 0 Å². The van der Waals surface area contributed by atoms with Gasteiger partial charge >= 0.3 is 0 Å². The predicted molar refractivity (Wildman–Crippen MR) is 80.0 cm³/mol. The summed E-state index contributed by atoms with van der Waals surface area (Å²) >= 11 is 3.53. The molecule has 1 aromatic rings. The van der Waals surface area contributed by atoms with E-state index in [9.17, 15) is 0 Å². The van der Waals surface area contributed by atoms with Crippen LogP contribution >= 0.6 is 15.9 Å². The van der Waals surface area contributed by atoms with Crippen molar-refractivity contribution in [1.29, 1.82) is 0 Å². The van der Waals surface area contributed by atoms with Gasteiger partial charge in [0.2, 0.25) is 0 Å². The number of benzene rings is 1. The molecule has 0 fully saturated rings. The van der Waals surface area contributed by atoms with Crippen LogP contribution in [0.3, 0.4) is 0 Å². The minimum Gasteiger partial charge on any atom is -0.492 e. The molecule has 0 radical (unpaired) electrons. The van der Waals surface area contributed by atoms with Gasteiger partial charge in [0, 0.05) is 17.1 Å². The van der Waals surface area contributed by atoms with Crippen LogP contribution in [0.4, 0.5) is 0 Å². The van der Waals surface area contributed by atoms with Crippen LogP contribution in [0.2, 0.25) is 0 Å². The Morgan fingerprint density at radius 3 is 2.50 bits per heavy atom. The second-order valence-corrected chi connectivity index (χ2v) is 5.20. The van der Waals surface area contributed by atoms with E-state index in [0.717, 1.165) is 35.4 Å². The Bertz CT molecular complexity index is 365. The number of nitrogens with zero attached hydrogens (tertiary/aromatic N) is 1. The summed E-state index contributed by atoms with van der Waals surface area (Å²) in [6.07, 6.45) is 0. The molecule has 0 aliphatic heterocycles. The van der Waals surface area contributed by atoms with E-state index >= 15 is 0 Å². The number of rotatable bonds is 7. The van der Waals surface area contributed by atoms with Crippen LogP contribution in [0.5, 0.6) is 5.75 Å². The van der Waals surface area contributed by atoms with Crippen LogP contribution < -0.4 is 10.5 Å². The smallest absolute Gasteiger partial charge is 0.120 e. The molecule has 0 aromatic heterocycles. The SMILES string of the molecule is CCN(CC)CCOc1ccc([C@@H](C)N)c(Br)c1. The maximum atomic E-state index is 5.86. The summed E-state index contributed by atoms with van der Waals surface area (Å²) in [5.74, 6) is 0.887. The van der Waals surface area contributed by atoms with Gasteiger partial charge in [0.15, 0.2) is 0 Å².